The molecule has 4 rings (SSSR count). The number of carbonyl (C=O) groups excluding carboxylic acids is 1. The third-order valence-corrected chi connectivity index (χ3v) is 4.74. The molecule has 0 radical (unpaired) electrons. The Balaban J connectivity index is 1.47. The zero-order valence-corrected chi connectivity index (χ0v) is 17.0. The Kier molecular flexibility index (Phi) is 5.05. The first-order chi connectivity index (χ1) is 13.9. The summed E-state index contributed by atoms with van der Waals surface area (Å²) in [5.41, 5.74) is 2.27. The van der Waals surface area contributed by atoms with Crippen molar-refractivity contribution in [1.82, 2.24) is 19.9 Å². The fraction of sp³-hybridized carbons (Fsp3) is 0.364. The molecule has 0 saturated carbocycles. The zero-order valence-electron chi connectivity index (χ0n) is 17.0. The quantitative estimate of drug-likeness (QED) is 0.663. The molecule has 1 aliphatic heterocycles. The minimum absolute atomic E-state index is 0.269. The highest BCUT2D eigenvalue weighted by atomic mass is 16.6. The van der Waals surface area contributed by atoms with Gasteiger partial charge in [0.15, 0.2) is 0 Å². The number of aromatic nitrogens is 3. The molecule has 1 amide bonds. The summed E-state index contributed by atoms with van der Waals surface area (Å²) in [5, 5.41) is 1.08. The van der Waals surface area contributed by atoms with Crippen LogP contribution in [0.1, 0.15) is 20.8 Å². The standard InChI is InChI=1S/C22H25N5O2/c1-22(2,3)29-21(28)27-12-10-26(11-13-27)20-23-9-8-19(25-20)17-14-16-6-4-5-7-18(16)24-15-17/h4-9,14-15H,10-13H2,1-3H3. The molecule has 150 valence electrons. The highest BCUT2D eigenvalue weighted by Crippen LogP contribution is 2.23. The second-order valence-corrected chi connectivity index (χ2v) is 8.11. The summed E-state index contributed by atoms with van der Waals surface area (Å²) in [6.45, 7) is 8.13. The fourth-order valence-corrected chi connectivity index (χ4v) is 3.29. The monoisotopic (exact) mass is 391 g/mol. The van der Waals surface area contributed by atoms with E-state index in [1.807, 2.05) is 57.3 Å². The van der Waals surface area contributed by atoms with Crippen LogP contribution in [0.2, 0.25) is 0 Å². The highest BCUT2D eigenvalue weighted by Gasteiger charge is 2.26. The summed E-state index contributed by atoms with van der Waals surface area (Å²) >= 11 is 0. The van der Waals surface area contributed by atoms with Gasteiger partial charge in [-0.1, -0.05) is 18.2 Å². The van der Waals surface area contributed by atoms with Crippen LogP contribution in [-0.2, 0) is 4.74 Å². The van der Waals surface area contributed by atoms with Crippen LogP contribution < -0.4 is 4.90 Å². The van der Waals surface area contributed by atoms with Crippen LogP contribution in [0, 0.1) is 0 Å². The molecule has 29 heavy (non-hydrogen) atoms. The Hall–Kier alpha value is -3.22. The number of para-hydroxylation sites is 1. The summed E-state index contributed by atoms with van der Waals surface area (Å²) in [6.07, 6.45) is 3.34. The van der Waals surface area contributed by atoms with Gasteiger partial charge < -0.3 is 14.5 Å². The number of nitrogens with zero attached hydrogens (tertiary/aromatic N) is 5. The number of anilines is 1. The lowest BCUT2D eigenvalue weighted by atomic mass is 10.1. The van der Waals surface area contributed by atoms with E-state index in [9.17, 15) is 4.79 Å². The van der Waals surface area contributed by atoms with Crippen molar-refractivity contribution < 1.29 is 9.53 Å². The molecule has 0 unspecified atom stereocenters. The first kappa shape index (κ1) is 19.1. The van der Waals surface area contributed by atoms with Crippen LogP contribution in [-0.4, -0.2) is 57.7 Å². The van der Waals surface area contributed by atoms with Gasteiger partial charge in [0.25, 0.3) is 0 Å². The Morgan fingerprint density at radius 1 is 1.03 bits per heavy atom. The average molecular weight is 391 g/mol. The fourth-order valence-electron chi connectivity index (χ4n) is 3.29. The van der Waals surface area contributed by atoms with E-state index >= 15 is 0 Å². The Morgan fingerprint density at radius 2 is 1.79 bits per heavy atom. The number of benzene rings is 1. The van der Waals surface area contributed by atoms with Gasteiger partial charge in [0, 0.05) is 49.5 Å². The van der Waals surface area contributed by atoms with Gasteiger partial charge >= 0.3 is 6.09 Å². The van der Waals surface area contributed by atoms with Gasteiger partial charge in [-0.2, -0.15) is 0 Å². The number of fused-ring (bicyclic) bond motifs is 1. The average Bonchev–Trinajstić information content (AvgIpc) is 2.72. The Labute approximate surface area is 170 Å². The van der Waals surface area contributed by atoms with Gasteiger partial charge in [-0.05, 0) is 39.0 Å². The van der Waals surface area contributed by atoms with Crippen LogP contribution in [0.3, 0.4) is 0 Å². The molecule has 2 aromatic heterocycles. The summed E-state index contributed by atoms with van der Waals surface area (Å²) < 4.78 is 5.46. The molecule has 0 spiro atoms. The topological polar surface area (TPSA) is 71.5 Å². The summed E-state index contributed by atoms with van der Waals surface area (Å²) in [5.74, 6) is 0.666. The first-order valence-corrected chi connectivity index (χ1v) is 9.80. The first-order valence-electron chi connectivity index (χ1n) is 9.80. The molecule has 1 fully saturated rings. The number of amides is 1. The molecule has 1 aliphatic rings. The number of rotatable bonds is 2. The Morgan fingerprint density at radius 3 is 2.55 bits per heavy atom. The van der Waals surface area contributed by atoms with E-state index in [0.29, 0.717) is 32.1 Å². The van der Waals surface area contributed by atoms with Gasteiger partial charge in [0.2, 0.25) is 5.95 Å². The van der Waals surface area contributed by atoms with Crippen molar-refractivity contribution in [2.45, 2.75) is 26.4 Å². The molecule has 7 nitrogen and oxygen atoms in total. The van der Waals surface area contributed by atoms with Crippen molar-refractivity contribution in [3.05, 3.63) is 48.8 Å². The third kappa shape index (κ3) is 4.45. The zero-order chi connectivity index (χ0) is 20.4. The lowest BCUT2D eigenvalue weighted by molar-refractivity contribution is 0.0240. The van der Waals surface area contributed by atoms with E-state index in [-0.39, 0.29) is 6.09 Å². The van der Waals surface area contributed by atoms with Crippen molar-refractivity contribution >= 4 is 22.9 Å². The van der Waals surface area contributed by atoms with Crippen LogP contribution in [0.25, 0.3) is 22.2 Å². The lowest BCUT2D eigenvalue weighted by Crippen LogP contribution is -2.50. The van der Waals surface area contributed by atoms with Gasteiger partial charge in [-0.3, -0.25) is 4.98 Å². The maximum Gasteiger partial charge on any atom is 0.410 e. The number of pyridine rings is 1. The maximum atomic E-state index is 12.3. The van der Waals surface area contributed by atoms with Gasteiger partial charge in [0.05, 0.1) is 11.2 Å². The molecule has 7 heteroatoms. The van der Waals surface area contributed by atoms with Gasteiger partial charge in [-0.15, -0.1) is 0 Å². The minimum atomic E-state index is -0.487. The Bertz CT molecular complexity index is 1020. The van der Waals surface area contributed by atoms with E-state index in [0.717, 1.165) is 22.2 Å². The molecule has 3 heterocycles. The van der Waals surface area contributed by atoms with Crippen LogP contribution in [0.5, 0.6) is 0 Å². The molecule has 1 aromatic carbocycles. The molecule has 0 aliphatic carbocycles. The second kappa shape index (κ2) is 7.66. The van der Waals surface area contributed by atoms with Crippen molar-refractivity contribution in [2.75, 3.05) is 31.1 Å². The van der Waals surface area contributed by atoms with Crippen LogP contribution in [0.4, 0.5) is 10.7 Å². The number of piperazine rings is 1. The predicted octanol–water partition coefficient (Wildman–Crippen LogP) is 3.75. The third-order valence-electron chi connectivity index (χ3n) is 4.74. The number of hydrogen-bond donors (Lipinski definition) is 0. The number of hydrogen-bond acceptors (Lipinski definition) is 6. The largest absolute Gasteiger partial charge is 0.444 e. The van der Waals surface area contributed by atoms with E-state index in [4.69, 9.17) is 9.72 Å². The molecular formula is C22H25N5O2. The predicted molar refractivity (Wildman–Crippen MR) is 113 cm³/mol. The molecule has 0 N–H and O–H groups in total. The van der Waals surface area contributed by atoms with Crippen molar-refractivity contribution in [3.63, 3.8) is 0 Å². The van der Waals surface area contributed by atoms with Gasteiger partial charge in [0.1, 0.15) is 5.60 Å². The summed E-state index contributed by atoms with van der Waals surface area (Å²) in [7, 11) is 0. The molecule has 1 saturated heterocycles. The van der Waals surface area contributed by atoms with Crippen LogP contribution >= 0.6 is 0 Å². The lowest BCUT2D eigenvalue weighted by Gasteiger charge is -2.35. The SMILES string of the molecule is CC(C)(C)OC(=O)N1CCN(c2nccc(-c3cnc4ccccc4c3)n2)CC1. The van der Waals surface area contributed by atoms with Crippen molar-refractivity contribution in [1.29, 1.82) is 0 Å². The molecule has 3 aromatic rings. The molecular weight excluding hydrogens is 366 g/mol. The second-order valence-electron chi connectivity index (χ2n) is 8.11. The van der Waals surface area contributed by atoms with E-state index < -0.39 is 5.60 Å². The molecule has 0 bridgehead atoms. The highest BCUT2D eigenvalue weighted by molar-refractivity contribution is 5.82. The summed E-state index contributed by atoms with van der Waals surface area (Å²) in [6, 6.07) is 12.0. The van der Waals surface area contributed by atoms with Gasteiger partial charge in [-0.25, -0.2) is 14.8 Å². The van der Waals surface area contributed by atoms with E-state index in [1.54, 1.807) is 11.1 Å². The maximum absolute atomic E-state index is 12.3. The molecule has 0 atom stereocenters. The van der Waals surface area contributed by atoms with Crippen molar-refractivity contribution in [3.8, 4) is 11.3 Å². The minimum Gasteiger partial charge on any atom is -0.444 e. The smallest absolute Gasteiger partial charge is 0.410 e. The normalized spacial score (nSPS) is 14.9. The summed E-state index contributed by atoms with van der Waals surface area (Å²) in [4.78, 5) is 29.8. The number of ether oxygens (including phenoxy) is 1. The number of carbonyl (C=O) groups is 1. The van der Waals surface area contributed by atoms with E-state index in [1.165, 1.54) is 0 Å². The van der Waals surface area contributed by atoms with Crippen LogP contribution in [0.15, 0.2) is 48.8 Å². The van der Waals surface area contributed by atoms with Crippen molar-refractivity contribution in [2.24, 2.45) is 0 Å². The van der Waals surface area contributed by atoms with E-state index in [2.05, 4.69) is 20.9 Å².